The summed E-state index contributed by atoms with van der Waals surface area (Å²) in [5, 5.41) is 2.81. The molecule has 1 aromatic carbocycles. The smallest absolute Gasteiger partial charge is 0.337 e. The van der Waals surface area contributed by atoms with Crippen LogP contribution in [-0.2, 0) is 16.0 Å². The van der Waals surface area contributed by atoms with Crippen LogP contribution in [-0.4, -0.2) is 28.4 Å². The van der Waals surface area contributed by atoms with Crippen molar-refractivity contribution in [2.24, 2.45) is 0 Å². The van der Waals surface area contributed by atoms with Crippen molar-refractivity contribution in [3.8, 4) is 0 Å². The van der Waals surface area contributed by atoms with Crippen LogP contribution < -0.4 is 5.32 Å². The molecule has 1 N–H and O–H groups in total. The minimum Gasteiger partial charge on any atom is -0.465 e. The summed E-state index contributed by atoms with van der Waals surface area (Å²) in [7, 11) is 1.33. The number of hydrogen-bond acceptors (Lipinski definition) is 4. The molecule has 1 amide bonds. The van der Waals surface area contributed by atoms with Crippen molar-refractivity contribution < 1.29 is 14.3 Å². The van der Waals surface area contributed by atoms with Gasteiger partial charge in [-0.1, -0.05) is 12.1 Å². The molecule has 0 aliphatic carbocycles. The molecule has 3 rings (SSSR count). The summed E-state index contributed by atoms with van der Waals surface area (Å²) in [5.74, 6) is -0.551. The minimum atomic E-state index is -0.433. The van der Waals surface area contributed by atoms with Crippen LogP contribution in [0.25, 0.3) is 5.65 Å². The first kappa shape index (κ1) is 16.7. The minimum absolute atomic E-state index is 0.118. The Bertz CT molecular complexity index is 931. The Morgan fingerprint density at radius 1 is 1.20 bits per heavy atom. The summed E-state index contributed by atoms with van der Waals surface area (Å²) in [6, 6.07) is 12.5. The zero-order chi connectivity index (χ0) is 17.8. The number of carbonyl (C=O) groups is 2. The van der Waals surface area contributed by atoms with E-state index in [4.69, 9.17) is 0 Å². The molecule has 0 aliphatic heterocycles. The van der Waals surface area contributed by atoms with E-state index in [0.29, 0.717) is 24.1 Å². The van der Waals surface area contributed by atoms with E-state index in [0.717, 1.165) is 17.0 Å². The number of imidazole rings is 1. The molecule has 0 saturated heterocycles. The van der Waals surface area contributed by atoms with E-state index < -0.39 is 5.97 Å². The lowest BCUT2D eigenvalue weighted by Gasteiger charge is -2.07. The van der Waals surface area contributed by atoms with Gasteiger partial charge in [0, 0.05) is 24.0 Å². The molecule has 6 heteroatoms. The average Bonchev–Trinajstić information content (AvgIpc) is 2.94. The zero-order valence-electron chi connectivity index (χ0n) is 14.2. The Hall–Kier alpha value is -3.15. The Balaban J connectivity index is 1.67. The quantitative estimate of drug-likeness (QED) is 0.727. The van der Waals surface area contributed by atoms with Crippen molar-refractivity contribution in [2.45, 2.75) is 19.8 Å². The molecule has 128 valence electrons. The van der Waals surface area contributed by atoms with Gasteiger partial charge in [-0.2, -0.15) is 0 Å². The molecule has 0 fully saturated rings. The van der Waals surface area contributed by atoms with E-state index >= 15 is 0 Å². The topological polar surface area (TPSA) is 72.7 Å². The van der Waals surface area contributed by atoms with Crippen molar-refractivity contribution in [3.05, 3.63) is 65.6 Å². The molecule has 0 spiro atoms. The number of esters is 1. The van der Waals surface area contributed by atoms with Gasteiger partial charge in [0.05, 0.1) is 18.4 Å². The van der Waals surface area contributed by atoms with Crippen LogP contribution in [0.1, 0.15) is 28.2 Å². The number of anilines is 1. The average molecular weight is 337 g/mol. The Morgan fingerprint density at radius 3 is 2.84 bits per heavy atom. The van der Waals surface area contributed by atoms with Crippen LogP contribution in [0.2, 0.25) is 0 Å². The molecule has 0 aliphatic rings. The van der Waals surface area contributed by atoms with Gasteiger partial charge in [-0.05, 0) is 43.7 Å². The van der Waals surface area contributed by atoms with Gasteiger partial charge in [0.25, 0.3) is 0 Å². The molecule has 0 atom stereocenters. The molecule has 3 aromatic rings. The molecular weight excluding hydrogens is 318 g/mol. The van der Waals surface area contributed by atoms with E-state index in [1.165, 1.54) is 7.11 Å². The number of carbonyl (C=O) groups excluding carboxylic acids is 2. The third kappa shape index (κ3) is 3.68. The number of pyridine rings is 1. The highest BCUT2D eigenvalue weighted by atomic mass is 16.5. The normalized spacial score (nSPS) is 10.6. The third-order valence-corrected chi connectivity index (χ3v) is 3.99. The van der Waals surface area contributed by atoms with Crippen molar-refractivity contribution in [3.63, 3.8) is 0 Å². The number of nitrogens with one attached hydrogen (secondary N) is 1. The number of ether oxygens (including phenoxy) is 1. The number of rotatable bonds is 5. The number of fused-ring (bicyclic) bond motifs is 1. The van der Waals surface area contributed by atoms with Gasteiger partial charge < -0.3 is 14.5 Å². The van der Waals surface area contributed by atoms with Crippen LogP contribution >= 0.6 is 0 Å². The van der Waals surface area contributed by atoms with Gasteiger partial charge in [0.15, 0.2) is 0 Å². The lowest BCUT2D eigenvalue weighted by Crippen LogP contribution is -2.13. The van der Waals surface area contributed by atoms with E-state index in [1.54, 1.807) is 24.3 Å². The first-order valence-electron chi connectivity index (χ1n) is 7.99. The molecule has 0 radical (unpaired) electrons. The highest BCUT2D eigenvalue weighted by Gasteiger charge is 2.11. The number of methoxy groups -OCH3 is 1. The summed E-state index contributed by atoms with van der Waals surface area (Å²) in [5.41, 5.74) is 3.79. The van der Waals surface area contributed by atoms with E-state index in [1.807, 2.05) is 35.7 Å². The molecule has 0 unspecified atom stereocenters. The fourth-order valence-electron chi connectivity index (χ4n) is 2.76. The summed E-state index contributed by atoms with van der Waals surface area (Å²) >= 11 is 0. The van der Waals surface area contributed by atoms with Crippen LogP contribution in [0.4, 0.5) is 5.69 Å². The predicted octanol–water partition coefficient (Wildman–Crippen LogP) is 3.00. The standard InChI is InChI=1S/C19H19N3O3/c1-13-16(22-11-4-3-8-17(22)20-13)9-10-18(23)21-15-7-5-6-14(12-15)19(24)25-2/h3-8,11-12H,9-10H2,1-2H3,(H,21,23). The van der Waals surface area contributed by atoms with Crippen molar-refractivity contribution in [1.82, 2.24) is 9.38 Å². The summed E-state index contributed by atoms with van der Waals surface area (Å²) < 4.78 is 6.69. The van der Waals surface area contributed by atoms with Crippen LogP contribution in [0.15, 0.2) is 48.7 Å². The zero-order valence-corrected chi connectivity index (χ0v) is 14.2. The van der Waals surface area contributed by atoms with Gasteiger partial charge in [-0.3, -0.25) is 4.79 Å². The van der Waals surface area contributed by atoms with Crippen molar-refractivity contribution >= 4 is 23.2 Å². The molecule has 2 aromatic heterocycles. The summed E-state index contributed by atoms with van der Waals surface area (Å²) in [6.07, 6.45) is 2.86. The van der Waals surface area contributed by atoms with Crippen LogP contribution in [0.3, 0.4) is 0 Å². The number of aryl methyl sites for hydroxylation is 2. The van der Waals surface area contributed by atoms with Gasteiger partial charge in [0.2, 0.25) is 5.91 Å². The second kappa shape index (κ2) is 7.17. The van der Waals surface area contributed by atoms with E-state index in [2.05, 4.69) is 15.0 Å². The Kier molecular flexibility index (Phi) is 4.79. The predicted molar refractivity (Wildman–Crippen MR) is 94.7 cm³/mol. The summed E-state index contributed by atoms with van der Waals surface area (Å²) in [4.78, 5) is 28.3. The van der Waals surface area contributed by atoms with Gasteiger partial charge in [-0.15, -0.1) is 0 Å². The number of aromatic nitrogens is 2. The third-order valence-electron chi connectivity index (χ3n) is 3.99. The molecule has 6 nitrogen and oxygen atoms in total. The Labute approximate surface area is 145 Å². The maximum absolute atomic E-state index is 12.2. The number of nitrogens with zero attached hydrogens (tertiary/aromatic N) is 2. The second-order valence-electron chi connectivity index (χ2n) is 5.69. The van der Waals surface area contributed by atoms with E-state index in [9.17, 15) is 9.59 Å². The highest BCUT2D eigenvalue weighted by molar-refractivity contribution is 5.94. The molecular formula is C19H19N3O3. The van der Waals surface area contributed by atoms with Crippen LogP contribution in [0.5, 0.6) is 0 Å². The van der Waals surface area contributed by atoms with Gasteiger partial charge in [0.1, 0.15) is 5.65 Å². The first-order chi connectivity index (χ1) is 12.1. The molecule has 0 bridgehead atoms. The lowest BCUT2D eigenvalue weighted by molar-refractivity contribution is -0.116. The number of hydrogen-bond donors (Lipinski definition) is 1. The largest absolute Gasteiger partial charge is 0.465 e. The van der Waals surface area contributed by atoms with Crippen molar-refractivity contribution in [1.29, 1.82) is 0 Å². The van der Waals surface area contributed by atoms with E-state index in [-0.39, 0.29) is 5.91 Å². The fraction of sp³-hybridized carbons (Fsp3) is 0.211. The molecule has 0 saturated carbocycles. The maximum atomic E-state index is 12.2. The number of benzene rings is 1. The highest BCUT2D eigenvalue weighted by Crippen LogP contribution is 2.15. The van der Waals surface area contributed by atoms with Gasteiger partial charge in [-0.25, -0.2) is 9.78 Å². The fourth-order valence-corrected chi connectivity index (χ4v) is 2.76. The lowest BCUT2D eigenvalue weighted by atomic mass is 10.1. The monoisotopic (exact) mass is 337 g/mol. The summed E-state index contributed by atoms with van der Waals surface area (Å²) in [6.45, 7) is 1.94. The maximum Gasteiger partial charge on any atom is 0.337 e. The molecule has 25 heavy (non-hydrogen) atoms. The first-order valence-corrected chi connectivity index (χ1v) is 7.99. The molecule has 2 heterocycles. The SMILES string of the molecule is COC(=O)c1cccc(NC(=O)CCc2c(C)nc3ccccn23)c1. The van der Waals surface area contributed by atoms with Gasteiger partial charge >= 0.3 is 5.97 Å². The Morgan fingerprint density at radius 2 is 2.04 bits per heavy atom. The number of amides is 1. The second-order valence-corrected chi connectivity index (χ2v) is 5.69. The van der Waals surface area contributed by atoms with Crippen LogP contribution in [0, 0.1) is 6.92 Å². The van der Waals surface area contributed by atoms with Crippen molar-refractivity contribution in [2.75, 3.05) is 12.4 Å².